The normalized spacial score (nSPS) is 11.2. The summed E-state index contributed by atoms with van der Waals surface area (Å²) in [5.74, 6) is 2.25. The molecule has 2 aromatic rings. The summed E-state index contributed by atoms with van der Waals surface area (Å²) in [5.41, 5.74) is 2.09. The number of aliphatic imine (C=N–C) groups is 1. The van der Waals surface area contributed by atoms with E-state index >= 15 is 0 Å². The highest BCUT2D eigenvalue weighted by atomic mass is 16.5. The molecule has 0 unspecified atom stereocenters. The number of rotatable bonds is 11. The van der Waals surface area contributed by atoms with Gasteiger partial charge in [-0.05, 0) is 31.0 Å². The maximum atomic E-state index is 5.67. The molecule has 0 radical (unpaired) electrons. The lowest BCUT2D eigenvalue weighted by Crippen LogP contribution is -2.38. The molecule has 152 valence electrons. The minimum Gasteiger partial charge on any atom is -0.496 e. The van der Waals surface area contributed by atoms with Gasteiger partial charge in [0.15, 0.2) is 5.96 Å². The van der Waals surface area contributed by atoms with E-state index in [9.17, 15) is 0 Å². The summed E-state index contributed by atoms with van der Waals surface area (Å²) in [6.07, 6.45) is 2.55. The highest BCUT2D eigenvalue weighted by Crippen LogP contribution is 2.17. The zero-order chi connectivity index (χ0) is 20.0. The molecule has 2 rings (SSSR count). The molecule has 0 spiro atoms. The summed E-state index contributed by atoms with van der Waals surface area (Å²) in [7, 11) is 3.34. The van der Waals surface area contributed by atoms with Crippen molar-refractivity contribution in [2.45, 2.75) is 19.9 Å². The Bertz CT molecular complexity index is 737. The number of nitrogens with zero attached hydrogens (tertiary/aromatic N) is 2. The molecule has 0 aliphatic carbocycles. The summed E-state index contributed by atoms with van der Waals surface area (Å²) in [4.78, 5) is 8.95. The first-order valence-electron chi connectivity index (χ1n) is 9.48. The summed E-state index contributed by atoms with van der Waals surface area (Å²) in [5, 5.41) is 6.63. The minimum atomic E-state index is 0.460. The third kappa shape index (κ3) is 7.08. The van der Waals surface area contributed by atoms with Crippen LogP contribution in [0.3, 0.4) is 0 Å². The molecule has 2 N–H and O–H groups in total. The van der Waals surface area contributed by atoms with Crippen LogP contribution in [0.25, 0.3) is 0 Å². The number of hydrogen-bond acceptors (Lipinski definition) is 5. The van der Waals surface area contributed by atoms with Gasteiger partial charge in [0.05, 0.1) is 20.3 Å². The molecule has 28 heavy (non-hydrogen) atoms. The van der Waals surface area contributed by atoms with Crippen LogP contribution in [0.4, 0.5) is 0 Å². The van der Waals surface area contributed by atoms with Crippen molar-refractivity contribution in [1.82, 2.24) is 15.6 Å². The standard InChI is InChI=1S/C21H30N4O3/c1-4-22-21(24-13-11-17-8-5-6-10-19(17)27-3)25-16-18-9-7-12-23-20(18)28-15-14-26-2/h5-10,12H,4,11,13-16H2,1-3H3,(H2,22,24,25). The Hall–Kier alpha value is -2.80. The van der Waals surface area contributed by atoms with Gasteiger partial charge in [0, 0.05) is 32.0 Å². The monoisotopic (exact) mass is 386 g/mol. The smallest absolute Gasteiger partial charge is 0.218 e. The maximum absolute atomic E-state index is 5.67. The van der Waals surface area contributed by atoms with E-state index in [1.807, 2.05) is 37.3 Å². The maximum Gasteiger partial charge on any atom is 0.218 e. The molecule has 0 saturated heterocycles. The lowest BCUT2D eigenvalue weighted by molar-refractivity contribution is 0.143. The van der Waals surface area contributed by atoms with E-state index in [1.54, 1.807) is 20.4 Å². The van der Waals surface area contributed by atoms with Gasteiger partial charge in [-0.2, -0.15) is 0 Å². The van der Waals surface area contributed by atoms with E-state index in [-0.39, 0.29) is 0 Å². The molecule has 0 bridgehead atoms. The van der Waals surface area contributed by atoms with Crippen molar-refractivity contribution in [1.29, 1.82) is 0 Å². The van der Waals surface area contributed by atoms with Crippen molar-refractivity contribution in [2.75, 3.05) is 40.5 Å². The molecule has 0 atom stereocenters. The van der Waals surface area contributed by atoms with Crippen molar-refractivity contribution in [3.63, 3.8) is 0 Å². The third-order valence-electron chi connectivity index (χ3n) is 4.01. The second-order valence-corrected chi connectivity index (χ2v) is 5.99. The number of hydrogen-bond donors (Lipinski definition) is 2. The van der Waals surface area contributed by atoms with Gasteiger partial charge in [-0.25, -0.2) is 9.98 Å². The van der Waals surface area contributed by atoms with Crippen molar-refractivity contribution >= 4 is 5.96 Å². The van der Waals surface area contributed by atoms with Gasteiger partial charge in [-0.15, -0.1) is 0 Å². The average Bonchev–Trinajstić information content (AvgIpc) is 2.73. The highest BCUT2D eigenvalue weighted by Gasteiger charge is 2.06. The molecule has 7 nitrogen and oxygen atoms in total. The lowest BCUT2D eigenvalue weighted by atomic mass is 10.1. The Balaban J connectivity index is 1.95. The first-order valence-corrected chi connectivity index (χ1v) is 9.48. The number of pyridine rings is 1. The fraction of sp³-hybridized carbons (Fsp3) is 0.429. The summed E-state index contributed by atoms with van der Waals surface area (Å²) >= 11 is 0. The molecule has 0 fully saturated rings. The molecule has 0 saturated carbocycles. The van der Waals surface area contributed by atoms with Crippen LogP contribution in [0.5, 0.6) is 11.6 Å². The highest BCUT2D eigenvalue weighted by molar-refractivity contribution is 5.79. The molecule has 0 amide bonds. The van der Waals surface area contributed by atoms with Gasteiger partial charge in [-0.1, -0.05) is 24.3 Å². The fourth-order valence-electron chi connectivity index (χ4n) is 2.63. The molecule has 1 heterocycles. The summed E-state index contributed by atoms with van der Waals surface area (Å²) < 4.78 is 16.1. The zero-order valence-electron chi connectivity index (χ0n) is 16.9. The van der Waals surface area contributed by atoms with Crippen molar-refractivity contribution in [3.05, 3.63) is 53.7 Å². The van der Waals surface area contributed by atoms with Crippen LogP contribution in [-0.4, -0.2) is 51.5 Å². The van der Waals surface area contributed by atoms with E-state index in [0.717, 1.165) is 42.3 Å². The second kappa shape index (κ2) is 12.6. The van der Waals surface area contributed by atoms with Gasteiger partial charge < -0.3 is 24.8 Å². The Morgan fingerprint density at radius 1 is 1.04 bits per heavy atom. The quantitative estimate of drug-likeness (QED) is 0.351. The lowest BCUT2D eigenvalue weighted by Gasteiger charge is -2.13. The summed E-state index contributed by atoms with van der Waals surface area (Å²) in [6, 6.07) is 11.9. The molecule has 0 aliphatic heterocycles. The first-order chi connectivity index (χ1) is 13.8. The number of aromatic nitrogens is 1. The SMILES string of the molecule is CCNC(=NCc1cccnc1OCCOC)NCCc1ccccc1OC. The van der Waals surface area contributed by atoms with E-state index in [0.29, 0.717) is 25.6 Å². The first kappa shape index (κ1) is 21.5. The van der Waals surface area contributed by atoms with E-state index in [4.69, 9.17) is 14.2 Å². The van der Waals surface area contributed by atoms with Crippen molar-refractivity contribution in [3.8, 4) is 11.6 Å². The average molecular weight is 386 g/mol. The van der Waals surface area contributed by atoms with Crippen LogP contribution in [-0.2, 0) is 17.7 Å². The largest absolute Gasteiger partial charge is 0.496 e. The van der Waals surface area contributed by atoms with Gasteiger partial charge in [0.2, 0.25) is 5.88 Å². The van der Waals surface area contributed by atoms with Gasteiger partial charge in [-0.3, -0.25) is 0 Å². The number of para-hydroxylation sites is 1. The fourth-order valence-corrected chi connectivity index (χ4v) is 2.63. The topological polar surface area (TPSA) is 77.0 Å². The molecular formula is C21H30N4O3. The third-order valence-corrected chi connectivity index (χ3v) is 4.01. The van der Waals surface area contributed by atoms with Crippen LogP contribution in [0, 0.1) is 0 Å². The molecule has 0 aliphatic rings. The Labute approximate surface area is 167 Å². The molecule has 1 aromatic carbocycles. The van der Waals surface area contributed by atoms with Crippen LogP contribution in [0.1, 0.15) is 18.1 Å². The Kier molecular flexibility index (Phi) is 9.65. The zero-order valence-corrected chi connectivity index (χ0v) is 16.9. The molecule has 1 aromatic heterocycles. The van der Waals surface area contributed by atoms with E-state index in [2.05, 4.69) is 26.7 Å². The van der Waals surface area contributed by atoms with Gasteiger partial charge in [0.1, 0.15) is 12.4 Å². The molecular weight excluding hydrogens is 356 g/mol. The summed E-state index contributed by atoms with van der Waals surface area (Å²) in [6.45, 7) is 5.02. The number of ether oxygens (including phenoxy) is 3. The predicted octanol–water partition coefficient (Wildman–Crippen LogP) is 2.41. The number of methoxy groups -OCH3 is 2. The molecule has 7 heteroatoms. The van der Waals surface area contributed by atoms with E-state index < -0.39 is 0 Å². The predicted molar refractivity (Wildman–Crippen MR) is 111 cm³/mol. The van der Waals surface area contributed by atoms with Gasteiger partial charge >= 0.3 is 0 Å². The van der Waals surface area contributed by atoms with Crippen LogP contribution in [0.2, 0.25) is 0 Å². The van der Waals surface area contributed by atoms with Crippen molar-refractivity contribution in [2.24, 2.45) is 4.99 Å². The number of benzene rings is 1. The minimum absolute atomic E-state index is 0.460. The van der Waals surface area contributed by atoms with Crippen LogP contribution in [0.15, 0.2) is 47.6 Å². The van der Waals surface area contributed by atoms with Crippen molar-refractivity contribution < 1.29 is 14.2 Å². The van der Waals surface area contributed by atoms with Gasteiger partial charge in [0.25, 0.3) is 0 Å². The second-order valence-electron chi connectivity index (χ2n) is 5.99. The Morgan fingerprint density at radius 2 is 1.86 bits per heavy atom. The van der Waals surface area contributed by atoms with Crippen LogP contribution >= 0.6 is 0 Å². The van der Waals surface area contributed by atoms with E-state index in [1.165, 1.54) is 0 Å². The number of guanidine groups is 1. The number of nitrogens with one attached hydrogen (secondary N) is 2. The Morgan fingerprint density at radius 3 is 2.64 bits per heavy atom. The van der Waals surface area contributed by atoms with Crippen LogP contribution < -0.4 is 20.1 Å².